The van der Waals surface area contributed by atoms with E-state index >= 15 is 0 Å². The third-order valence-electron chi connectivity index (χ3n) is 5.38. The first-order valence-electron chi connectivity index (χ1n) is 10.1. The monoisotopic (exact) mass is 394 g/mol. The van der Waals surface area contributed by atoms with Gasteiger partial charge >= 0.3 is 0 Å². The summed E-state index contributed by atoms with van der Waals surface area (Å²) < 4.78 is 0. The Labute approximate surface area is 172 Å². The summed E-state index contributed by atoms with van der Waals surface area (Å²) in [6, 6.07) is 13.7. The summed E-state index contributed by atoms with van der Waals surface area (Å²) in [5, 5.41) is 5.97. The summed E-state index contributed by atoms with van der Waals surface area (Å²) in [7, 11) is 0. The first-order valence-corrected chi connectivity index (χ1v) is 10.1. The first kappa shape index (κ1) is 21.0. The van der Waals surface area contributed by atoms with Crippen molar-refractivity contribution in [2.45, 2.75) is 20.8 Å². The number of nitrogens with one attached hydrogen (secondary N) is 2. The molecule has 0 unspecified atom stereocenters. The number of rotatable bonds is 6. The van der Waals surface area contributed by atoms with Crippen molar-refractivity contribution in [2.75, 3.05) is 49.9 Å². The van der Waals surface area contributed by atoms with Crippen LogP contribution in [0.25, 0.3) is 0 Å². The van der Waals surface area contributed by atoms with Crippen LogP contribution in [0.15, 0.2) is 42.5 Å². The van der Waals surface area contributed by atoms with Crippen LogP contribution >= 0.6 is 0 Å². The molecule has 1 aliphatic heterocycles. The van der Waals surface area contributed by atoms with Gasteiger partial charge in [0.2, 0.25) is 11.8 Å². The van der Waals surface area contributed by atoms with Crippen molar-refractivity contribution >= 4 is 23.2 Å². The van der Waals surface area contributed by atoms with Crippen LogP contribution in [0.5, 0.6) is 0 Å². The summed E-state index contributed by atoms with van der Waals surface area (Å²) >= 11 is 0. The Hall–Kier alpha value is -2.70. The van der Waals surface area contributed by atoms with Gasteiger partial charge in [0.15, 0.2) is 0 Å². The van der Waals surface area contributed by atoms with Gasteiger partial charge in [-0.05, 0) is 55.7 Å². The van der Waals surface area contributed by atoms with Crippen molar-refractivity contribution in [1.29, 1.82) is 0 Å². The molecular formula is C23H30N4O2. The highest BCUT2D eigenvalue weighted by Crippen LogP contribution is 2.18. The summed E-state index contributed by atoms with van der Waals surface area (Å²) in [5.74, 6) is 0.000978. The molecule has 0 aliphatic carbocycles. The van der Waals surface area contributed by atoms with E-state index in [1.165, 1.54) is 5.56 Å². The predicted molar refractivity (Wildman–Crippen MR) is 117 cm³/mol. The maximum absolute atomic E-state index is 12.4. The second-order valence-corrected chi connectivity index (χ2v) is 7.77. The summed E-state index contributed by atoms with van der Waals surface area (Å²) in [4.78, 5) is 29.0. The van der Waals surface area contributed by atoms with Gasteiger partial charge in [0.25, 0.3) is 0 Å². The molecule has 1 heterocycles. The van der Waals surface area contributed by atoms with E-state index in [2.05, 4.69) is 20.4 Å². The second kappa shape index (κ2) is 9.67. The Bertz CT molecular complexity index is 873. The van der Waals surface area contributed by atoms with E-state index < -0.39 is 0 Å². The Morgan fingerprint density at radius 2 is 1.41 bits per heavy atom. The van der Waals surface area contributed by atoms with E-state index in [1.54, 1.807) is 0 Å². The first-order chi connectivity index (χ1) is 13.9. The molecule has 1 fully saturated rings. The van der Waals surface area contributed by atoms with Crippen LogP contribution < -0.4 is 10.6 Å². The van der Waals surface area contributed by atoms with Gasteiger partial charge < -0.3 is 10.6 Å². The van der Waals surface area contributed by atoms with Gasteiger partial charge in [-0.1, -0.05) is 24.3 Å². The van der Waals surface area contributed by atoms with Crippen LogP contribution in [0.1, 0.15) is 16.7 Å². The molecule has 2 N–H and O–H groups in total. The molecule has 0 spiro atoms. The normalized spacial score (nSPS) is 15.1. The van der Waals surface area contributed by atoms with Crippen molar-refractivity contribution in [3.8, 4) is 0 Å². The van der Waals surface area contributed by atoms with E-state index in [-0.39, 0.29) is 11.8 Å². The summed E-state index contributed by atoms with van der Waals surface area (Å²) in [6.07, 6.45) is 0. The smallest absolute Gasteiger partial charge is 0.238 e. The molecule has 2 aromatic rings. The van der Waals surface area contributed by atoms with E-state index in [0.29, 0.717) is 13.1 Å². The zero-order valence-electron chi connectivity index (χ0n) is 17.5. The van der Waals surface area contributed by atoms with Gasteiger partial charge in [0.05, 0.1) is 13.1 Å². The molecule has 6 heteroatoms. The average Bonchev–Trinajstić information content (AvgIpc) is 2.67. The molecule has 0 atom stereocenters. The van der Waals surface area contributed by atoms with Crippen LogP contribution in [-0.4, -0.2) is 60.9 Å². The number of carbonyl (C=O) groups is 2. The highest BCUT2D eigenvalue weighted by molar-refractivity contribution is 5.93. The standard InChI is InChI=1S/C23H30N4O2/c1-17-6-4-8-20(14-17)24-22(28)15-26-10-12-27(13-11-26)16-23(29)25-21-9-5-7-18(2)19(21)3/h4-9,14H,10-13,15-16H2,1-3H3,(H,24,28)(H,25,29). The number of anilines is 2. The van der Waals surface area contributed by atoms with Crippen LogP contribution in [0.3, 0.4) is 0 Å². The minimum Gasteiger partial charge on any atom is -0.325 e. The van der Waals surface area contributed by atoms with Gasteiger partial charge in [-0.25, -0.2) is 0 Å². The number of amides is 2. The fourth-order valence-corrected chi connectivity index (χ4v) is 3.51. The fourth-order valence-electron chi connectivity index (χ4n) is 3.51. The van der Waals surface area contributed by atoms with E-state index in [4.69, 9.17) is 0 Å². The van der Waals surface area contributed by atoms with Gasteiger partial charge in [-0.2, -0.15) is 0 Å². The lowest BCUT2D eigenvalue weighted by molar-refractivity contribution is -0.120. The molecular weight excluding hydrogens is 364 g/mol. The molecule has 29 heavy (non-hydrogen) atoms. The van der Waals surface area contributed by atoms with Crippen molar-refractivity contribution in [1.82, 2.24) is 9.80 Å². The number of hydrogen-bond donors (Lipinski definition) is 2. The Kier molecular flexibility index (Phi) is 7.01. The number of hydrogen-bond acceptors (Lipinski definition) is 4. The molecule has 0 aromatic heterocycles. The van der Waals surface area contributed by atoms with Crippen LogP contribution in [0, 0.1) is 20.8 Å². The maximum atomic E-state index is 12.4. The lowest BCUT2D eigenvalue weighted by Gasteiger charge is -2.33. The number of piperazine rings is 1. The molecule has 0 radical (unpaired) electrons. The van der Waals surface area contributed by atoms with Crippen molar-refractivity contribution in [2.24, 2.45) is 0 Å². The summed E-state index contributed by atoms with van der Waals surface area (Å²) in [5.41, 5.74) is 5.10. The van der Waals surface area contributed by atoms with E-state index in [9.17, 15) is 9.59 Å². The molecule has 1 aliphatic rings. The van der Waals surface area contributed by atoms with Gasteiger partial charge in [-0.3, -0.25) is 19.4 Å². The number of aryl methyl sites for hydroxylation is 2. The average molecular weight is 395 g/mol. The summed E-state index contributed by atoms with van der Waals surface area (Å²) in [6.45, 7) is 9.91. The van der Waals surface area contributed by atoms with E-state index in [1.807, 2.05) is 63.2 Å². The van der Waals surface area contributed by atoms with Crippen LogP contribution in [0.4, 0.5) is 11.4 Å². The highest BCUT2D eigenvalue weighted by atomic mass is 16.2. The topological polar surface area (TPSA) is 64.7 Å². The van der Waals surface area contributed by atoms with Gasteiger partial charge in [0, 0.05) is 37.6 Å². The minimum atomic E-state index is -0.00304. The van der Waals surface area contributed by atoms with Crippen molar-refractivity contribution < 1.29 is 9.59 Å². The molecule has 1 saturated heterocycles. The van der Waals surface area contributed by atoms with Gasteiger partial charge in [0.1, 0.15) is 0 Å². The van der Waals surface area contributed by atoms with Crippen molar-refractivity contribution in [3.05, 3.63) is 59.2 Å². The zero-order chi connectivity index (χ0) is 20.8. The van der Waals surface area contributed by atoms with Crippen LogP contribution in [0.2, 0.25) is 0 Å². The van der Waals surface area contributed by atoms with Crippen LogP contribution in [-0.2, 0) is 9.59 Å². The van der Waals surface area contributed by atoms with E-state index in [0.717, 1.165) is 48.7 Å². The number of carbonyl (C=O) groups excluding carboxylic acids is 2. The molecule has 2 amide bonds. The Morgan fingerprint density at radius 3 is 2.03 bits per heavy atom. The third-order valence-corrected chi connectivity index (χ3v) is 5.38. The second-order valence-electron chi connectivity index (χ2n) is 7.77. The number of nitrogens with zero attached hydrogens (tertiary/aromatic N) is 2. The molecule has 154 valence electrons. The highest BCUT2D eigenvalue weighted by Gasteiger charge is 2.21. The lowest BCUT2D eigenvalue weighted by atomic mass is 10.1. The zero-order valence-corrected chi connectivity index (χ0v) is 17.5. The predicted octanol–water partition coefficient (Wildman–Crippen LogP) is 2.81. The lowest BCUT2D eigenvalue weighted by Crippen LogP contribution is -2.50. The minimum absolute atomic E-state index is 0.00304. The maximum Gasteiger partial charge on any atom is 0.238 e. The largest absolute Gasteiger partial charge is 0.325 e. The molecule has 2 aromatic carbocycles. The molecule has 0 saturated carbocycles. The van der Waals surface area contributed by atoms with Gasteiger partial charge in [-0.15, -0.1) is 0 Å². The molecule has 3 rings (SSSR count). The number of benzene rings is 2. The SMILES string of the molecule is Cc1cccc(NC(=O)CN2CCN(CC(=O)Nc3cccc(C)c3C)CC2)c1. The molecule has 0 bridgehead atoms. The Morgan fingerprint density at radius 1 is 0.828 bits per heavy atom. The fraction of sp³-hybridized carbons (Fsp3) is 0.391. The quantitative estimate of drug-likeness (QED) is 0.791. The third kappa shape index (κ3) is 6.14. The van der Waals surface area contributed by atoms with Crippen molar-refractivity contribution in [3.63, 3.8) is 0 Å². The Balaban J connectivity index is 1.41. The molecule has 6 nitrogen and oxygen atoms in total.